The number of thiophene rings is 1. The summed E-state index contributed by atoms with van der Waals surface area (Å²) in [6.07, 6.45) is 0.424. The lowest BCUT2D eigenvalue weighted by atomic mass is 9.89. The molecule has 0 bridgehead atoms. The van der Waals surface area contributed by atoms with Crippen LogP contribution in [0.15, 0.2) is 53.9 Å². The minimum absolute atomic E-state index is 0.0240. The van der Waals surface area contributed by atoms with Crippen LogP contribution in [-0.2, 0) is 4.79 Å². The second-order valence-corrected chi connectivity index (χ2v) is 7.00. The molecular weight excluding hydrogens is 321 g/mol. The number of hydrogen-bond donors (Lipinski definition) is 1. The van der Waals surface area contributed by atoms with Gasteiger partial charge in [0.25, 0.3) is 0 Å². The van der Waals surface area contributed by atoms with Crippen LogP contribution >= 0.6 is 11.3 Å². The third-order valence-corrected chi connectivity index (χ3v) is 5.53. The van der Waals surface area contributed by atoms with Crippen molar-refractivity contribution in [3.63, 3.8) is 0 Å². The Hall–Kier alpha value is -2.46. The van der Waals surface area contributed by atoms with Crippen molar-refractivity contribution in [3.8, 4) is 11.1 Å². The Labute approximate surface area is 144 Å². The molecule has 2 aromatic carbocycles. The minimum atomic E-state index is -0.273. The molecule has 24 heavy (non-hydrogen) atoms. The fourth-order valence-electron chi connectivity index (χ4n) is 3.17. The Morgan fingerprint density at radius 2 is 1.83 bits per heavy atom. The monoisotopic (exact) mass is 337 g/mol. The molecule has 0 aliphatic carbocycles. The Morgan fingerprint density at radius 3 is 2.58 bits per heavy atom. The van der Waals surface area contributed by atoms with Gasteiger partial charge < -0.3 is 5.32 Å². The van der Waals surface area contributed by atoms with E-state index in [9.17, 15) is 9.18 Å². The molecule has 120 valence electrons. The molecule has 1 amide bonds. The van der Waals surface area contributed by atoms with Crippen LogP contribution in [0.1, 0.15) is 28.3 Å². The van der Waals surface area contributed by atoms with Gasteiger partial charge in [0, 0.05) is 33.7 Å². The van der Waals surface area contributed by atoms with Gasteiger partial charge in [0.15, 0.2) is 0 Å². The van der Waals surface area contributed by atoms with Gasteiger partial charge in [-0.15, -0.1) is 11.3 Å². The summed E-state index contributed by atoms with van der Waals surface area (Å²) in [7, 11) is 0. The molecule has 1 atom stereocenters. The number of nitrogens with one attached hydrogen (secondary N) is 1. The highest BCUT2D eigenvalue weighted by molar-refractivity contribution is 7.11. The topological polar surface area (TPSA) is 29.1 Å². The molecule has 0 spiro atoms. The van der Waals surface area contributed by atoms with Gasteiger partial charge >= 0.3 is 0 Å². The molecule has 4 rings (SSSR count). The molecule has 2 heterocycles. The molecule has 1 aliphatic heterocycles. The van der Waals surface area contributed by atoms with Gasteiger partial charge in [-0.2, -0.15) is 0 Å². The smallest absolute Gasteiger partial charge is 0.225 e. The first kappa shape index (κ1) is 15.1. The fraction of sp³-hybridized carbons (Fsp3) is 0.150. The summed E-state index contributed by atoms with van der Waals surface area (Å²) in [5, 5.41) is 4.89. The van der Waals surface area contributed by atoms with Gasteiger partial charge in [-0.1, -0.05) is 48.0 Å². The summed E-state index contributed by atoms with van der Waals surface area (Å²) in [4.78, 5) is 13.3. The molecule has 1 N–H and O–H groups in total. The first-order valence-corrected chi connectivity index (χ1v) is 8.74. The number of carbonyl (C=O) groups excluding carboxylic acids is 1. The fourth-order valence-corrected chi connectivity index (χ4v) is 4.32. The van der Waals surface area contributed by atoms with Crippen LogP contribution in [0.4, 0.5) is 10.1 Å². The summed E-state index contributed by atoms with van der Waals surface area (Å²) < 4.78 is 14.2. The van der Waals surface area contributed by atoms with E-state index in [1.807, 2.05) is 18.4 Å². The van der Waals surface area contributed by atoms with Crippen molar-refractivity contribution in [2.75, 3.05) is 5.32 Å². The molecule has 0 unspecified atom stereocenters. The van der Waals surface area contributed by atoms with E-state index in [0.29, 0.717) is 12.0 Å². The maximum Gasteiger partial charge on any atom is 0.225 e. The zero-order valence-corrected chi connectivity index (χ0v) is 14.0. The van der Waals surface area contributed by atoms with E-state index in [1.165, 1.54) is 11.6 Å². The summed E-state index contributed by atoms with van der Waals surface area (Å²) in [5.41, 5.74) is 4.36. The maximum absolute atomic E-state index is 14.2. The van der Waals surface area contributed by atoms with Crippen LogP contribution in [0.2, 0.25) is 0 Å². The van der Waals surface area contributed by atoms with E-state index in [2.05, 4.69) is 29.6 Å². The minimum Gasteiger partial charge on any atom is -0.325 e. The second kappa shape index (κ2) is 5.87. The first-order valence-electron chi connectivity index (χ1n) is 7.86. The van der Waals surface area contributed by atoms with Crippen molar-refractivity contribution in [3.05, 3.63) is 75.7 Å². The average Bonchev–Trinajstić information content (AvgIpc) is 2.99. The van der Waals surface area contributed by atoms with Gasteiger partial charge in [-0.3, -0.25) is 4.79 Å². The SMILES string of the molecule is Cc1ccc([C@H]2CC(=O)Nc3c(-c4ccccc4F)csc32)cc1. The van der Waals surface area contributed by atoms with E-state index < -0.39 is 0 Å². The number of halogens is 1. The quantitative estimate of drug-likeness (QED) is 0.672. The highest BCUT2D eigenvalue weighted by Gasteiger charge is 2.30. The number of benzene rings is 2. The zero-order valence-electron chi connectivity index (χ0n) is 13.2. The highest BCUT2D eigenvalue weighted by Crippen LogP contribution is 2.46. The van der Waals surface area contributed by atoms with E-state index in [0.717, 1.165) is 21.7 Å². The average molecular weight is 337 g/mol. The highest BCUT2D eigenvalue weighted by atomic mass is 32.1. The van der Waals surface area contributed by atoms with Crippen LogP contribution in [-0.4, -0.2) is 5.91 Å². The predicted octanol–water partition coefficient (Wildman–Crippen LogP) is 5.34. The number of aryl methyl sites for hydroxylation is 1. The second-order valence-electron chi connectivity index (χ2n) is 6.08. The summed E-state index contributed by atoms with van der Waals surface area (Å²) >= 11 is 1.58. The van der Waals surface area contributed by atoms with Crippen LogP contribution in [0.5, 0.6) is 0 Å². The Kier molecular flexibility index (Phi) is 3.69. The predicted molar refractivity (Wildman–Crippen MR) is 96.0 cm³/mol. The van der Waals surface area contributed by atoms with Gasteiger partial charge in [0.2, 0.25) is 5.91 Å². The van der Waals surface area contributed by atoms with Crippen molar-refractivity contribution < 1.29 is 9.18 Å². The molecule has 2 nitrogen and oxygen atoms in total. The number of anilines is 1. The van der Waals surface area contributed by atoms with Crippen molar-refractivity contribution in [2.45, 2.75) is 19.3 Å². The zero-order chi connectivity index (χ0) is 16.7. The number of amides is 1. The molecule has 4 heteroatoms. The molecule has 0 saturated heterocycles. The molecule has 0 radical (unpaired) electrons. The van der Waals surface area contributed by atoms with Crippen molar-refractivity contribution in [2.24, 2.45) is 0 Å². The molecular formula is C20H16FNOS. The van der Waals surface area contributed by atoms with Crippen LogP contribution < -0.4 is 5.32 Å². The molecule has 0 saturated carbocycles. The summed E-state index contributed by atoms with van der Waals surface area (Å²) in [6.45, 7) is 2.05. The van der Waals surface area contributed by atoms with E-state index in [-0.39, 0.29) is 17.6 Å². The van der Waals surface area contributed by atoms with E-state index >= 15 is 0 Å². The molecule has 3 aromatic rings. The third-order valence-electron chi connectivity index (χ3n) is 4.43. The maximum atomic E-state index is 14.2. The van der Waals surface area contributed by atoms with Crippen molar-refractivity contribution >= 4 is 22.9 Å². The Bertz CT molecular complexity index is 914. The van der Waals surface area contributed by atoms with Crippen molar-refractivity contribution in [1.82, 2.24) is 0 Å². The largest absolute Gasteiger partial charge is 0.325 e. The number of rotatable bonds is 2. The van der Waals surface area contributed by atoms with Crippen LogP contribution in [0.25, 0.3) is 11.1 Å². The third kappa shape index (κ3) is 2.53. The van der Waals surface area contributed by atoms with Gasteiger partial charge in [0.05, 0.1) is 5.69 Å². The normalized spacial score (nSPS) is 16.6. The molecule has 1 aromatic heterocycles. The molecule has 0 fully saturated rings. The lowest BCUT2D eigenvalue weighted by Crippen LogP contribution is -2.22. The summed E-state index contributed by atoms with van der Waals surface area (Å²) in [5.74, 6) is -0.270. The van der Waals surface area contributed by atoms with E-state index in [1.54, 1.807) is 23.5 Å². The lowest BCUT2D eigenvalue weighted by Gasteiger charge is -2.24. The Morgan fingerprint density at radius 1 is 1.08 bits per heavy atom. The van der Waals surface area contributed by atoms with Crippen LogP contribution in [0, 0.1) is 12.7 Å². The van der Waals surface area contributed by atoms with Gasteiger partial charge in [0.1, 0.15) is 5.82 Å². The van der Waals surface area contributed by atoms with E-state index in [4.69, 9.17) is 0 Å². The first-order chi connectivity index (χ1) is 11.6. The summed E-state index contributed by atoms with van der Waals surface area (Å²) in [6, 6.07) is 15.0. The number of carbonyl (C=O) groups is 1. The molecule has 1 aliphatic rings. The Balaban J connectivity index is 1.83. The van der Waals surface area contributed by atoms with Crippen LogP contribution in [0.3, 0.4) is 0 Å². The lowest BCUT2D eigenvalue weighted by molar-refractivity contribution is -0.116. The number of hydrogen-bond acceptors (Lipinski definition) is 2. The number of fused-ring (bicyclic) bond motifs is 1. The van der Waals surface area contributed by atoms with Crippen molar-refractivity contribution in [1.29, 1.82) is 0 Å². The van der Waals surface area contributed by atoms with Gasteiger partial charge in [-0.25, -0.2) is 4.39 Å². The van der Waals surface area contributed by atoms with Gasteiger partial charge in [-0.05, 0) is 18.6 Å². The standard InChI is InChI=1S/C20H16FNOS/c1-12-6-8-13(9-7-12)15-10-18(23)22-19-16(11-24-20(15)19)14-4-2-3-5-17(14)21/h2-9,11,15H,10H2,1H3,(H,22,23)/t15-/m1/s1.